The maximum Gasteiger partial charge on any atom is 0.254 e. The number of amides is 1. The molecule has 1 aromatic carbocycles. The lowest BCUT2D eigenvalue weighted by Gasteiger charge is -2.36. The van der Waals surface area contributed by atoms with E-state index in [1.165, 1.54) is 19.2 Å². The number of rotatable bonds is 4. The lowest BCUT2D eigenvalue weighted by atomic mass is 10.1. The zero-order valence-electron chi connectivity index (χ0n) is 17.4. The Morgan fingerprint density at radius 1 is 0.900 bits per heavy atom. The number of methoxy groups -OCH3 is 1. The number of piperazine rings is 2. The number of likely N-dealkylation sites (N-methyl/N-ethyl adjacent to an activating group) is 1. The van der Waals surface area contributed by atoms with E-state index in [4.69, 9.17) is 4.74 Å². The minimum Gasteiger partial charge on any atom is -0.494 e. The van der Waals surface area contributed by atoms with Gasteiger partial charge >= 0.3 is 0 Å². The summed E-state index contributed by atoms with van der Waals surface area (Å²) >= 11 is 0. The first-order chi connectivity index (χ1) is 14.5. The maximum atomic E-state index is 13.9. The zero-order chi connectivity index (χ0) is 21.1. The van der Waals surface area contributed by atoms with Gasteiger partial charge in [0.2, 0.25) is 0 Å². The third-order valence-corrected chi connectivity index (χ3v) is 5.75. The molecule has 0 saturated carbocycles. The van der Waals surface area contributed by atoms with E-state index < -0.39 is 5.82 Å². The van der Waals surface area contributed by atoms with Crippen LogP contribution in [0.1, 0.15) is 10.4 Å². The molecule has 3 heterocycles. The van der Waals surface area contributed by atoms with Crippen molar-refractivity contribution in [1.82, 2.24) is 20.0 Å². The molecule has 160 valence electrons. The molecule has 2 aliphatic heterocycles. The first kappa shape index (κ1) is 20.3. The van der Waals surface area contributed by atoms with Gasteiger partial charge in [-0.2, -0.15) is 0 Å². The number of anilines is 2. The fourth-order valence-corrected chi connectivity index (χ4v) is 3.81. The van der Waals surface area contributed by atoms with E-state index >= 15 is 0 Å². The van der Waals surface area contributed by atoms with Gasteiger partial charge < -0.3 is 24.3 Å². The summed E-state index contributed by atoms with van der Waals surface area (Å²) in [4.78, 5) is 21.1. The highest BCUT2D eigenvalue weighted by Crippen LogP contribution is 2.21. The van der Waals surface area contributed by atoms with Crippen LogP contribution in [-0.4, -0.2) is 92.4 Å². The average molecular weight is 414 g/mol. The van der Waals surface area contributed by atoms with Crippen molar-refractivity contribution >= 4 is 17.5 Å². The van der Waals surface area contributed by atoms with E-state index in [-0.39, 0.29) is 11.7 Å². The van der Waals surface area contributed by atoms with Crippen LogP contribution in [0.15, 0.2) is 30.3 Å². The number of benzene rings is 1. The Morgan fingerprint density at radius 2 is 1.47 bits per heavy atom. The van der Waals surface area contributed by atoms with Crippen molar-refractivity contribution in [2.75, 3.05) is 76.3 Å². The number of hydrogen-bond acceptors (Lipinski definition) is 7. The molecular formula is C21H27FN6O2. The number of hydrogen-bond donors (Lipinski definition) is 0. The van der Waals surface area contributed by atoms with Gasteiger partial charge in [-0.3, -0.25) is 4.79 Å². The van der Waals surface area contributed by atoms with Crippen LogP contribution in [0.5, 0.6) is 5.75 Å². The van der Waals surface area contributed by atoms with E-state index in [0.717, 1.165) is 37.8 Å². The molecule has 1 amide bonds. The SMILES string of the molecule is COc1ccc(C(=O)N2CCN(c3ccc(N4CCN(C)CC4)nn3)CC2)cc1F. The first-order valence-electron chi connectivity index (χ1n) is 10.2. The van der Waals surface area contributed by atoms with Gasteiger partial charge in [0.25, 0.3) is 5.91 Å². The Bertz CT molecular complexity index is 878. The number of carbonyl (C=O) groups excluding carboxylic acids is 1. The second kappa shape index (κ2) is 8.83. The van der Waals surface area contributed by atoms with Crippen LogP contribution < -0.4 is 14.5 Å². The van der Waals surface area contributed by atoms with E-state index in [2.05, 4.69) is 31.9 Å². The summed E-state index contributed by atoms with van der Waals surface area (Å²) in [6.07, 6.45) is 0. The number of aromatic nitrogens is 2. The maximum absolute atomic E-state index is 13.9. The largest absolute Gasteiger partial charge is 0.494 e. The first-order valence-corrected chi connectivity index (χ1v) is 10.2. The van der Waals surface area contributed by atoms with Crippen molar-refractivity contribution in [2.45, 2.75) is 0 Å². The van der Waals surface area contributed by atoms with Gasteiger partial charge in [-0.25, -0.2) is 4.39 Å². The van der Waals surface area contributed by atoms with Crippen LogP contribution in [-0.2, 0) is 0 Å². The fourth-order valence-electron chi connectivity index (χ4n) is 3.81. The summed E-state index contributed by atoms with van der Waals surface area (Å²) in [5.41, 5.74) is 0.332. The molecule has 0 spiro atoms. The van der Waals surface area contributed by atoms with E-state index in [1.54, 1.807) is 11.0 Å². The molecule has 0 N–H and O–H groups in total. The Labute approximate surface area is 175 Å². The molecule has 1 aromatic heterocycles. The normalized spacial score (nSPS) is 17.9. The lowest BCUT2D eigenvalue weighted by Crippen LogP contribution is -2.49. The summed E-state index contributed by atoms with van der Waals surface area (Å²) < 4.78 is 18.8. The van der Waals surface area contributed by atoms with Crippen molar-refractivity contribution in [3.05, 3.63) is 41.7 Å². The molecular weight excluding hydrogens is 387 g/mol. The Balaban J connectivity index is 1.34. The van der Waals surface area contributed by atoms with Crippen LogP contribution >= 0.6 is 0 Å². The second-order valence-electron chi connectivity index (χ2n) is 7.67. The van der Waals surface area contributed by atoms with Crippen LogP contribution in [0, 0.1) is 5.82 Å². The zero-order valence-corrected chi connectivity index (χ0v) is 17.4. The van der Waals surface area contributed by atoms with Gasteiger partial charge in [0.05, 0.1) is 7.11 Å². The number of halogens is 1. The topological polar surface area (TPSA) is 65.0 Å². The van der Waals surface area contributed by atoms with Gasteiger partial charge in [0.1, 0.15) is 0 Å². The monoisotopic (exact) mass is 414 g/mol. The molecule has 2 aromatic rings. The summed E-state index contributed by atoms with van der Waals surface area (Å²) in [6.45, 7) is 6.38. The molecule has 0 aliphatic carbocycles. The standard InChI is InChI=1S/C21H27FN6O2/c1-25-7-9-26(10-8-25)19-5-6-20(24-23-19)27-11-13-28(14-12-27)21(29)16-3-4-18(30-2)17(22)15-16/h3-6,15H,7-14H2,1-2H3. The Hall–Kier alpha value is -2.94. The van der Waals surface area contributed by atoms with Crippen molar-refractivity contribution in [1.29, 1.82) is 0 Å². The molecule has 4 rings (SSSR count). The Kier molecular flexibility index (Phi) is 5.98. The van der Waals surface area contributed by atoms with E-state index in [9.17, 15) is 9.18 Å². The van der Waals surface area contributed by atoms with Crippen molar-refractivity contribution in [3.63, 3.8) is 0 Å². The van der Waals surface area contributed by atoms with E-state index in [0.29, 0.717) is 31.7 Å². The molecule has 0 atom stereocenters. The second-order valence-corrected chi connectivity index (χ2v) is 7.67. The van der Waals surface area contributed by atoms with Crippen molar-refractivity contribution in [3.8, 4) is 5.75 Å². The molecule has 30 heavy (non-hydrogen) atoms. The molecule has 2 saturated heterocycles. The number of ether oxygens (including phenoxy) is 1. The van der Waals surface area contributed by atoms with E-state index in [1.807, 2.05) is 12.1 Å². The predicted octanol–water partition coefficient (Wildman–Crippen LogP) is 1.34. The molecule has 2 fully saturated rings. The van der Waals surface area contributed by atoms with Crippen LogP contribution in [0.4, 0.5) is 16.0 Å². The number of nitrogens with zero attached hydrogens (tertiary/aromatic N) is 6. The molecule has 0 bridgehead atoms. The van der Waals surface area contributed by atoms with Crippen LogP contribution in [0.2, 0.25) is 0 Å². The fraction of sp³-hybridized carbons (Fsp3) is 0.476. The Morgan fingerprint density at radius 3 is 1.97 bits per heavy atom. The highest BCUT2D eigenvalue weighted by atomic mass is 19.1. The highest BCUT2D eigenvalue weighted by molar-refractivity contribution is 5.94. The average Bonchev–Trinajstić information content (AvgIpc) is 2.79. The highest BCUT2D eigenvalue weighted by Gasteiger charge is 2.24. The smallest absolute Gasteiger partial charge is 0.254 e. The van der Waals surface area contributed by atoms with Crippen LogP contribution in [0.25, 0.3) is 0 Å². The predicted molar refractivity (Wildman–Crippen MR) is 113 cm³/mol. The van der Waals surface area contributed by atoms with Gasteiger partial charge in [-0.15, -0.1) is 10.2 Å². The molecule has 2 aliphatic rings. The van der Waals surface area contributed by atoms with Gasteiger partial charge in [-0.1, -0.05) is 0 Å². The molecule has 8 nitrogen and oxygen atoms in total. The minimum absolute atomic E-state index is 0.134. The molecule has 0 radical (unpaired) electrons. The minimum atomic E-state index is -0.530. The van der Waals surface area contributed by atoms with Gasteiger partial charge in [0.15, 0.2) is 23.2 Å². The lowest BCUT2D eigenvalue weighted by molar-refractivity contribution is 0.0746. The molecule has 9 heteroatoms. The summed E-state index contributed by atoms with van der Waals surface area (Å²) in [6, 6.07) is 8.33. The summed E-state index contributed by atoms with van der Waals surface area (Å²) in [7, 11) is 3.53. The number of carbonyl (C=O) groups is 1. The summed E-state index contributed by atoms with van der Waals surface area (Å²) in [5, 5.41) is 8.82. The van der Waals surface area contributed by atoms with Gasteiger partial charge in [-0.05, 0) is 37.4 Å². The quantitative estimate of drug-likeness (QED) is 0.748. The third kappa shape index (κ3) is 4.30. The van der Waals surface area contributed by atoms with Crippen molar-refractivity contribution < 1.29 is 13.9 Å². The molecule has 0 unspecified atom stereocenters. The van der Waals surface area contributed by atoms with Crippen LogP contribution in [0.3, 0.4) is 0 Å². The summed E-state index contributed by atoms with van der Waals surface area (Å²) in [5.74, 6) is 1.15. The third-order valence-electron chi connectivity index (χ3n) is 5.75. The van der Waals surface area contributed by atoms with Crippen molar-refractivity contribution in [2.24, 2.45) is 0 Å². The van der Waals surface area contributed by atoms with Gasteiger partial charge in [0, 0.05) is 57.9 Å².